The summed E-state index contributed by atoms with van der Waals surface area (Å²) < 4.78 is 0. The van der Waals surface area contributed by atoms with E-state index in [1.54, 1.807) is 0 Å². The summed E-state index contributed by atoms with van der Waals surface area (Å²) >= 11 is 0. The Morgan fingerprint density at radius 1 is 1.55 bits per heavy atom. The van der Waals surface area contributed by atoms with Crippen molar-refractivity contribution in [2.45, 2.75) is 20.3 Å². The molecule has 1 rings (SSSR count). The fourth-order valence-corrected chi connectivity index (χ4v) is 1.09. The van der Waals surface area contributed by atoms with Crippen LogP contribution < -0.4 is 0 Å². The molecular formula is C10H13N. The highest BCUT2D eigenvalue weighted by Crippen LogP contribution is 2.13. The third-order valence-corrected chi connectivity index (χ3v) is 1.72. The summed E-state index contributed by atoms with van der Waals surface area (Å²) in [5.74, 6) is 0. The number of pyridine rings is 1. The van der Waals surface area contributed by atoms with E-state index in [0.717, 1.165) is 12.1 Å². The number of hydrogen-bond donors (Lipinski definition) is 0. The average molecular weight is 147 g/mol. The first kappa shape index (κ1) is 7.99. The molecule has 0 saturated heterocycles. The van der Waals surface area contributed by atoms with Crippen molar-refractivity contribution in [1.82, 2.24) is 4.98 Å². The first-order valence-corrected chi connectivity index (χ1v) is 3.95. The Bertz CT molecular complexity index is 236. The van der Waals surface area contributed by atoms with Gasteiger partial charge in [-0.15, -0.1) is 0 Å². The van der Waals surface area contributed by atoms with Gasteiger partial charge in [0.15, 0.2) is 0 Å². The zero-order valence-electron chi connectivity index (χ0n) is 7.04. The maximum Gasteiger partial charge on any atom is 0.0658 e. The minimum atomic E-state index is 1.05. The molecule has 11 heavy (non-hydrogen) atoms. The predicted molar refractivity (Wildman–Crippen MR) is 48.2 cm³/mol. The molecule has 0 unspecified atom stereocenters. The van der Waals surface area contributed by atoms with Crippen molar-refractivity contribution in [3.8, 4) is 0 Å². The summed E-state index contributed by atoms with van der Waals surface area (Å²) in [7, 11) is 0. The maximum absolute atomic E-state index is 4.25. The lowest BCUT2D eigenvalue weighted by atomic mass is 10.1. The van der Waals surface area contributed by atoms with Crippen LogP contribution in [0.1, 0.15) is 26.0 Å². The predicted octanol–water partition coefficient (Wildman–Crippen LogP) is 2.89. The largest absolute Gasteiger partial charge is 0.257 e. The lowest BCUT2D eigenvalue weighted by molar-refractivity contribution is 1.17. The van der Waals surface area contributed by atoms with Crippen molar-refractivity contribution in [3.05, 3.63) is 36.2 Å². The molecule has 0 fully saturated rings. The Labute approximate surface area is 67.8 Å². The van der Waals surface area contributed by atoms with E-state index in [9.17, 15) is 0 Å². The molecule has 58 valence electrons. The van der Waals surface area contributed by atoms with Crippen LogP contribution in [0.5, 0.6) is 0 Å². The summed E-state index contributed by atoms with van der Waals surface area (Å²) in [6, 6.07) is 5.99. The SMILES string of the molecule is C/C=C(/CC)c1ccccn1. The van der Waals surface area contributed by atoms with E-state index in [-0.39, 0.29) is 0 Å². The standard InChI is InChI=1S/C10H13N/c1-3-9(4-2)10-7-5-6-8-11-10/h3,5-8H,4H2,1-2H3/b9-3-. The molecule has 0 radical (unpaired) electrons. The van der Waals surface area contributed by atoms with E-state index >= 15 is 0 Å². The number of rotatable bonds is 2. The Morgan fingerprint density at radius 3 is 2.82 bits per heavy atom. The molecule has 0 atom stereocenters. The minimum Gasteiger partial charge on any atom is -0.257 e. The minimum absolute atomic E-state index is 1.05. The van der Waals surface area contributed by atoms with Gasteiger partial charge in [-0.3, -0.25) is 4.98 Å². The van der Waals surface area contributed by atoms with Gasteiger partial charge in [0, 0.05) is 6.20 Å². The second-order valence-electron chi connectivity index (χ2n) is 2.38. The molecule has 0 bridgehead atoms. The van der Waals surface area contributed by atoms with Gasteiger partial charge in [0.25, 0.3) is 0 Å². The van der Waals surface area contributed by atoms with Gasteiger partial charge in [-0.1, -0.05) is 19.1 Å². The monoisotopic (exact) mass is 147 g/mol. The Morgan fingerprint density at radius 2 is 2.36 bits per heavy atom. The summed E-state index contributed by atoms with van der Waals surface area (Å²) in [5.41, 5.74) is 2.41. The Hall–Kier alpha value is -1.11. The highest BCUT2D eigenvalue weighted by molar-refractivity contribution is 5.61. The number of nitrogens with zero attached hydrogens (tertiary/aromatic N) is 1. The van der Waals surface area contributed by atoms with Gasteiger partial charge >= 0.3 is 0 Å². The second kappa shape index (κ2) is 3.91. The molecule has 0 aliphatic rings. The summed E-state index contributed by atoms with van der Waals surface area (Å²) in [4.78, 5) is 4.25. The van der Waals surface area contributed by atoms with Crippen LogP contribution in [0.4, 0.5) is 0 Å². The van der Waals surface area contributed by atoms with E-state index in [1.807, 2.05) is 31.3 Å². The van der Waals surface area contributed by atoms with Gasteiger partial charge in [0.1, 0.15) is 0 Å². The average Bonchev–Trinajstić information content (AvgIpc) is 2.09. The molecule has 0 aliphatic carbocycles. The highest BCUT2D eigenvalue weighted by Gasteiger charge is 1.95. The fraction of sp³-hybridized carbons (Fsp3) is 0.300. The van der Waals surface area contributed by atoms with Crippen molar-refractivity contribution in [1.29, 1.82) is 0 Å². The van der Waals surface area contributed by atoms with Crippen molar-refractivity contribution in [2.24, 2.45) is 0 Å². The van der Waals surface area contributed by atoms with Crippen molar-refractivity contribution in [3.63, 3.8) is 0 Å². The highest BCUT2D eigenvalue weighted by atomic mass is 14.7. The van der Waals surface area contributed by atoms with E-state index in [0.29, 0.717) is 0 Å². The Balaban J connectivity index is 2.92. The van der Waals surface area contributed by atoms with Crippen LogP contribution in [0.15, 0.2) is 30.5 Å². The van der Waals surface area contributed by atoms with Gasteiger partial charge < -0.3 is 0 Å². The topological polar surface area (TPSA) is 12.9 Å². The number of hydrogen-bond acceptors (Lipinski definition) is 1. The van der Waals surface area contributed by atoms with Crippen LogP contribution in [-0.2, 0) is 0 Å². The van der Waals surface area contributed by atoms with Crippen LogP contribution in [-0.4, -0.2) is 4.98 Å². The Kier molecular flexibility index (Phi) is 2.84. The van der Waals surface area contributed by atoms with Crippen LogP contribution in [0, 0.1) is 0 Å². The van der Waals surface area contributed by atoms with Gasteiger partial charge in [-0.2, -0.15) is 0 Å². The van der Waals surface area contributed by atoms with E-state index in [4.69, 9.17) is 0 Å². The molecule has 1 nitrogen and oxygen atoms in total. The molecule has 0 saturated carbocycles. The second-order valence-corrected chi connectivity index (χ2v) is 2.38. The normalized spacial score (nSPS) is 11.6. The summed E-state index contributed by atoms with van der Waals surface area (Å²) in [6.07, 6.45) is 4.99. The lowest BCUT2D eigenvalue weighted by Crippen LogP contribution is -1.85. The van der Waals surface area contributed by atoms with Crippen LogP contribution in [0.3, 0.4) is 0 Å². The third-order valence-electron chi connectivity index (χ3n) is 1.72. The van der Waals surface area contributed by atoms with Crippen molar-refractivity contribution < 1.29 is 0 Å². The third kappa shape index (κ3) is 1.90. The van der Waals surface area contributed by atoms with Crippen LogP contribution in [0.2, 0.25) is 0 Å². The smallest absolute Gasteiger partial charge is 0.0658 e. The first-order chi connectivity index (χ1) is 5.38. The molecule has 1 aromatic rings. The quantitative estimate of drug-likeness (QED) is 0.626. The molecule has 0 aliphatic heterocycles. The molecular weight excluding hydrogens is 134 g/mol. The number of allylic oxidation sites excluding steroid dienone is 2. The number of aromatic nitrogens is 1. The molecule has 0 N–H and O–H groups in total. The van der Waals surface area contributed by atoms with E-state index < -0.39 is 0 Å². The van der Waals surface area contributed by atoms with Gasteiger partial charge in [0.2, 0.25) is 0 Å². The summed E-state index contributed by atoms with van der Waals surface area (Å²) in [5, 5.41) is 0. The molecule has 1 aromatic heterocycles. The van der Waals surface area contributed by atoms with Gasteiger partial charge in [-0.05, 0) is 31.1 Å². The van der Waals surface area contributed by atoms with Gasteiger partial charge in [-0.25, -0.2) is 0 Å². The molecule has 0 spiro atoms. The molecule has 1 heteroatoms. The zero-order chi connectivity index (χ0) is 8.10. The first-order valence-electron chi connectivity index (χ1n) is 3.95. The van der Waals surface area contributed by atoms with Gasteiger partial charge in [0.05, 0.1) is 5.69 Å². The van der Waals surface area contributed by atoms with Crippen molar-refractivity contribution in [2.75, 3.05) is 0 Å². The van der Waals surface area contributed by atoms with E-state index in [1.165, 1.54) is 5.57 Å². The molecule has 1 heterocycles. The lowest BCUT2D eigenvalue weighted by Gasteiger charge is -2.00. The molecule has 0 aromatic carbocycles. The zero-order valence-corrected chi connectivity index (χ0v) is 7.04. The van der Waals surface area contributed by atoms with Crippen molar-refractivity contribution >= 4 is 5.57 Å². The fourth-order valence-electron chi connectivity index (χ4n) is 1.09. The summed E-state index contributed by atoms with van der Waals surface area (Å²) in [6.45, 7) is 4.19. The van der Waals surface area contributed by atoms with Crippen LogP contribution in [0.25, 0.3) is 5.57 Å². The maximum atomic E-state index is 4.25. The van der Waals surface area contributed by atoms with E-state index in [2.05, 4.69) is 18.0 Å². The molecule has 0 amide bonds. The van der Waals surface area contributed by atoms with Crippen LogP contribution >= 0.6 is 0 Å².